The third kappa shape index (κ3) is 2.16. The molecule has 1 aromatic carbocycles. The Hall–Kier alpha value is -1.97. The van der Waals surface area contributed by atoms with Crippen molar-refractivity contribution in [1.29, 1.82) is 0 Å². The molecule has 0 saturated heterocycles. The minimum absolute atomic E-state index is 0.0343. The number of phenolic OH excluding ortho intramolecular Hbond substituents is 1. The molecule has 0 spiro atoms. The van der Waals surface area contributed by atoms with Crippen LogP contribution in [0.4, 0.5) is 0 Å². The third-order valence-electron chi connectivity index (χ3n) is 2.51. The Kier molecular flexibility index (Phi) is 2.81. The predicted octanol–water partition coefficient (Wildman–Crippen LogP) is 1.43. The average Bonchev–Trinajstić information content (AvgIpc) is 2.56. The summed E-state index contributed by atoms with van der Waals surface area (Å²) in [5.41, 5.74) is 1.66. The van der Waals surface area contributed by atoms with Gasteiger partial charge in [-0.2, -0.15) is 0 Å². The van der Waals surface area contributed by atoms with E-state index in [1.165, 1.54) is 0 Å². The number of hydrogen-bond acceptors (Lipinski definition) is 2. The van der Waals surface area contributed by atoms with Crippen molar-refractivity contribution in [1.82, 2.24) is 9.78 Å². The molecule has 0 fully saturated rings. The van der Waals surface area contributed by atoms with Crippen molar-refractivity contribution >= 4 is 0 Å². The van der Waals surface area contributed by atoms with E-state index in [1.54, 1.807) is 22.9 Å². The topological polar surface area (TPSA) is 58.0 Å². The zero-order valence-electron chi connectivity index (χ0n) is 9.10. The van der Waals surface area contributed by atoms with Crippen molar-refractivity contribution in [3.05, 3.63) is 51.9 Å². The molecule has 0 radical (unpaired) electrons. The molecule has 0 saturated carbocycles. The van der Waals surface area contributed by atoms with Crippen LogP contribution in [0.3, 0.4) is 0 Å². The predicted molar refractivity (Wildman–Crippen MR) is 61.6 cm³/mol. The van der Waals surface area contributed by atoms with Gasteiger partial charge in [-0.15, -0.1) is 0 Å². The van der Waals surface area contributed by atoms with Crippen molar-refractivity contribution in [2.24, 2.45) is 0 Å². The van der Waals surface area contributed by atoms with Gasteiger partial charge in [-0.05, 0) is 25.0 Å². The van der Waals surface area contributed by atoms with Crippen LogP contribution >= 0.6 is 0 Å². The molecule has 16 heavy (non-hydrogen) atoms. The number of hydrogen-bond donors (Lipinski definition) is 2. The van der Waals surface area contributed by atoms with E-state index < -0.39 is 0 Å². The molecule has 0 bridgehead atoms. The number of aromatic hydroxyl groups is 1. The lowest BCUT2D eigenvalue weighted by Crippen LogP contribution is -2.17. The molecule has 4 nitrogen and oxygen atoms in total. The number of phenols is 1. The minimum atomic E-state index is -0.0343. The van der Waals surface area contributed by atoms with E-state index in [9.17, 15) is 9.90 Å². The summed E-state index contributed by atoms with van der Waals surface area (Å²) >= 11 is 0. The van der Waals surface area contributed by atoms with Gasteiger partial charge in [0.25, 0.3) is 5.56 Å². The lowest BCUT2D eigenvalue weighted by atomic mass is 10.1. The minimum Gasteiger partial charge on any atom is -0.508 e. The zero-order chi connectivity index (χ0) is 11.5. The first-order valence-corrected chi connectivity index (χ1v) is 5.20. The van der Waals surface area contributed by atoms with Gasteiger partial charge in [0.05, 0.1) is 0 Å². The molecule has 2 rings (SSSR count). The fourth-order valence-corrected chi connectivity index (χ4v) is 1.68. The van der Waals surface area contributed by atoms with Crippen LogP contribution < -0.4 is 5.56 Å². The first-order valence-electron chi connectivity index (χ1n) is 5.20. The van der Waals surface area contributed by atoms with E-state index in [1.807, 2.05) is 19.1 Å². The Labute approximate surface area is 93.1 Å². The molecule has 0 unspecified atom stereocenters. The maximum absolute atomic E-state index is 11.4. The lowest BCUT2D eigenvalue weighted by molar-refractivity contribution is 0.463. The van der Waals surface area contributed by atoms with Crippen LogP contribution in [0.15, 0.2) is 35.1 Å². The summed E-state index contributed by atoms with van der Waals surface area (Å²) in [6.45, 7) is 2.39. The molecule has 0 atom stereocenters. The van der Waals surface area contributed by atoms with Crippen LogP contribution in [-0.4, -0.2) is 14.9 Å². The molecule has 4 heteroatoms. The normalized spacial score (nSPS) is 10.6. The highest BCUT2D eigenvalue weighted by molar-refractivity contribution is 5.31. The largest absolute Gasteiger partial charge is 0.508 e. The number of aryl methyl sites for hydroxylation is 3. The van der Waals surface area contributed by atoms with Gasteiger partial charge >= 0.3 is 0 Å². The van der Waals surface area contributed by atoms with Crippen LogP contribution in [-0.2, 0) is 13.0 Å². The number of para-hydroxylation sites is 1. The van der Waals surface area contributed by atoms with Crippen LogP contribution in [0.5, 0.6) is 5.75 Å². The summed E-state index contributed by atoms with van der Waals surface area (Å²) in [5.74, 6) is 0.277. The maximum atomic E-state index is 11.4. The number of H-pyrrole nitrogens is 1. The summed E-state index contributed by atoms with van der Waals surface area (Å²) in [7, 11) is 0. The van der Waals surface area contributed by atoms with Gasteiger partial charge in [-0.25, -0.2) is 0 Å². The molecular formula is C12H14N2O2. The zero-order valence-corrected chi connectivity index (χ0v) is 9.10. The highest BCUT2D eigenvalue weighted by atomic mass is 16.3. The molecule has 0 aliphatic carbocycles. The Bertz CT molecular complexity index is 540. The Morgan fingerprint density at radius 2 is 2.12 bits per heavy atom. The quantitative estimate of drug-likeness (QED) is 0.818. The first kappa shape index (κ1) is 10.5. The molecule has 0 aliphatic heterocycles. The van der Waals surface area contributed by atoms with E-state index >= 15 is 0 Å². The summed E-state index contributed by atoms with van der Waals surface area (Å²) < 4.78 is 1.54. The smallest absolute Gasteiger partial charge is 0.266 e. The summed E-state index contributed by atoms with van der Waals surface area (Å²) in [6, 6.07) is 8.72. The monoisotopic (exact) mass is 218 g/mol. The van der Waals surface area contributed by atoms with Gasteiger partial charge < -0.3 is 5.11 Å². The van der Waals surface area contributed by atoms with Crippen LogP contribution in [0.25, 0.3) is 0 Å². The number of nitrogens with zero attached hydrogens (tertiary/aromatic N) is 1. The molecule has 0 aliphatic rings. The molecule has 84 valence electrons. The second kappa shape index (κ2) is 4.26. The molecule has 2 N–H and O–H groups in total. The fraction of sp³-hybridized carbons (Fsp3) is 0.250. The SMILES string of the molecule is Cc1cc(=O)n(CCc2ccccc2O)[nH]1. The molecule has 1 aromatic heterocycles. The van der Waals surface area contributed by atoms with Crippen molar-refractivity contribution < 1.29 is 5.11 Å². The number of aromatic amines is 1. The maximum Gasteiger partial charge on any atom is 0.266 e. The van der Waals surface area contributed by atoms with Gasteiger partial charge in [-0.1, -0.05) is 18.2 Å². The first-order chi connectivity index (χ1) is 7.66. The highest BCUT2D eigenvalue weighted by Crippen LogP contribution is 2.16. The highest BCUT2D eigenvalue weighted by Gasteiger charge is 2.02. The van der Waals surface area contributed by atoms with Crippen LogP contribution in [0.2, 0.25) is 0 Å². The summed E-state index contributed by atoms with van der Waals surface area (Å²) in [5, 5.41) is 12.5. The second-order valence-corrected chi connectivity index (χ2v) is 3.81. The Morgan fingerprint density at radius 3 is 2.75 bits per heavy atom. The van der Waals surface area contributed by atoms with E-state index in [2.05, 4.69) is 5.10 Å². The Morgan fingerprint density at radius 1 is 1.38 bits per heavy atom. The second-order valence-electron chi connectivity index (χ2n) is 3.81. The summed E-state index contributed by atoms with van der Waals surface area (Å²) in [4.78, 5) is 11.4. The number of benzene rings is 1. The lowest BCUT2D eigenvalue weighted by Gasteiger charge is -2.04. The molecule has 2 aromatic rings. The molecular weight excluding hydrogens is 204 g/mol. The van der Waals surface area contributed by atoms with Crippen LogP contribution in [0, 0.1) is 6.92 Å². The van der Waals surface area contributed by atoms with E-state index in [4.69, 9.17) is 0 Å². The third-order valence-corrected chi connectivity index (χ3v) is 2.51. The van der Waals surface area contributed by atoms with Crippen molar-refractivity contribution in [3.63, 3.8) is 0 Å². The van der Waals surface area contributed by atoms with Crippen molar-refractivity contribution in [2.75, 3.05) is 0 Å². The standard InChI is InChI=1S/C12H14N2O2/c1-9-8-12(16)14(13-9)7-6-10-4-2-3-5-11(10)15/h2-5,8,13,15H,6-7H2,1H3. The average molecular weight is 218 g/mol. The van der Waals surface area contributed by atoms with E-state index in [-0.39, 0.29) is 11.3 Å². The summed E-state index contributed by atoms with van der Waals surface area (Å²) in [6.07, 6.45) is 0.631. The van der Waals surface area contributed by atoms with Gasteiger partial charge in [0, 0.05) is 18.3 Å². The Balaban J connectivity index is 2.11. The van der Waals surface area contributed by atoms with Crippen molar-refractivity contribution in [3.8, 4) is 5.75 Å². The fourth-order valence-electron chi connectivity index (χ4n) is 1.68. The van der Waals surface area contributed by atoms with E-state index in [0.717, 1.165) is 11.3 Å². The number of rotatable bonds is 3. The van der Waals surface area contributed by atoms with Gasteiger partial charge in [0.2, 0.25) is 0 Å². The van der Waals surface area contributed by atoms with E-state index in [0.29, 0.717) is 13.0 Å². The van der Waals surface area contributed by atoms with Gasteiger partial charge in [0.15, 0.2) is 0 Å². The molecule has 0 amide bonds. The van der Waals surface area contributed by atoms with Gasteiger partial charge in [-0.3, -0.25) is 14.6 Å². The molecule has 1 heterocycles. The van der Waals surface area contributed by atoms with Gasteiger partial charge in [0.1, 0.15) is 5.75 Å². The number of nitrogens with one attached hydrogen (secondary N) is 1. The van der Waals surface area contributed by atoms with Crippen LogP contribution in [0.1, 0.15) is 11.3 Å². The number of aromatic nitrogens is 2. The van der Waals surface area contributed by atoms with Crippen molar-refractivity contribution in [2.45, 2.75) is 19.9 Å².